The Hall–Kier alpha value is -1.09. The lowest BCUT2D eigenvalue weighted by molar-refractivity contribution is 0.281. The van der Waals surface area contributed by atoms with Crippen molar-refractivity contribution in [2.24, 2.45) is 0 Å². The van der Waals surface area contributed by atoms with Crippen molar-refractivity contribution < 1.29 is 9.50 Å². The zero-order valence-electron chi connectivity index (χ0n) is 6.26. The topological polar surface area (TPSA) is 46.2 Å². The van der Waals surface area contributed by atoms with E-state index in [4.69, 9.17) is 10.8 Å². The highest BCUT2D eigenvalue weighted by molar-refractivity contribution is 5.45. The molecule has 0 heterocycles. The zero-order valence-corrected chi connectivity index (χ0v) is 6.26. The van der Waals surface area contributed by atoms with E-state index in [9.17, 15) is 4.39 Å². The van der Waals surface area contributed by atoms with Crippen LogP contribution in [0.4, 0.5) is 10.1 Å². The van der Waals surface area contributed by atoms with Gasteiger partial charge in [-0.05, 0) is 24.1 Å². The van der Waals surface area contributed by atoms with Gasteiger partial charge in [0.15, 0.2) is 0 Å². The number of aryl methyl sites for hydroxylation is 1. The van der Waals surface area contributed by atoms with Gasteiger partial charge in [0.2, 0.25) is 0 Å². The molecule has 0 amide bonds. The molecule has 0 saturated heterocycles. The highest BCUT2D eigenvalue weighted by atomic mass is 19.1. The largest absolute Gasteiger partial charge is 0.396 e. The Morgan fingerprint density at radius 2 is 2.18 bits per heavy atom. The number of hydrogen-bond donors (Lipinski definition) is 2. The van der Waals surface area contributed by atoms with E-state index in [-0.39, 0.29) is 12.3 Å². The Morgan fingerprint density at radius 3 is 2.64 bits per heavy atom. The molecule has 0 fully saturated rings. The summed E-state index contributed by atoms with van der Waals surface area (Å²) in [5.74, 6) is -0.401. The molecule has 0 spiro atoms. The maximum Gasteiger partial charge on any atom is 0.148 e. The predicted molar refractivity (Wildman–Crippen MR) is 41.5 cm³/mol. The van der Waals surface area contributed by atoms with Crippen LogP contribution in [0.2, 0.25) is 0 Å². The van der Waals surface area contributed by atoms with Gasteiger partial charge in [-0.15, -0.1) is 0 Å². The average Bonchev–Trinajstić information content (AvgIpc) is 1.99. The number of rotatable bonds is 1. The molecule has 0 unspecified atom stereocenters. The molecule has 1 aromatic carbocycles. The van der Waals surface area contributed by atoms with Gasteiger partial charge in [0.1, 0.15) is 5.82 Å². The van der Waals surface area contributed by atoms with Gasteiger partial charge >= 0.3 is 0 Å². The second kappa shape index (κ2) is 2.88. The predicted octanol–water partition coefficient (Wildman–Crippen LogP) is 1.21. The van der Waals surface area contributed by atoms with Crippen LogP contribution >= 0.6 is 0 Å². The monoisotopic (exact) mass is 155 g/mol. The number of halogens is 1. The summed E-state index contributed by atoms with van der Waals surface area (Å²) in [5.41, 5.74) is 6.51. The van der Waals surface area contributed by atoms with Crippen LogP contribution in [0.5, 0.6) is 0 Å². The van der Waals surface area contributed by atoms with Crippen molar-refractivity contribution in [3.8, 4) is 0 Å². The molecule has 0 aliphatic rings. The van der Waals surface area contributed by atoms with E-state index in [2.05, 4.69) is 0 Å². The normalized spacial score (nSPS) is 10.1. The number of hydrogen-bond acceptors (Lipinski definition) is 2. The van der Waals surface area contributed by atoms with E-state index in [0.717, 1.165) is 0 Å². The zero-order chi connectivity index (χ0) is 8.43. The minimum Gasteiger partial charge on any atom is -0.396 e. The summed E-state index contributed by atoms with van der Waals surface area (Å²) in [5, 5.41) is 8.70. The second-order valence-corrected chi connectivity index (χ2v) is 2.47. The van der Waals surface area contributed by atoms with Gasteiger partial charge in [0.05, 0.1) is 12.3 Å². The van der Waals surface area contributed by atoms with Crippen molar-refractivity contribution >= 4 is 5.69 Å². The number of nitrogens with two attached hydrogens (primary N) is 1. The van der Waals surface area contributed by atoms with Gasteiger partial charge in [0.25, 0.3) is 0 Å². The summed E-state index contributed by atoms with van der Waals surface area (Å²) in [6, 6.07) is 3.01. The highest BCUT2D eigenvalue weighted by Gasteiger charge is 2.03. The molecular weight excluding hydrogens is 145 g/mol. The summed E-state index contributed by atoms with van der Waals surface area (Å²) in [6.07, 6.45) is 0. The van der Waals surface area contributed by atoms with Crippen LogP contribution < -0.4 is 5.73 Å². The average molecular weight is 155 g/mol. The summed E-state index contributed by atoms with van der Waals surface area (Å²) in [4.78, 5) is 0. The minimum absolute atomic E-state index is 0.0917. The van der Waals surface area contributed by atoms with Crippen molar-refractivity contribution in [2.45, 2.75) is 13.5 Å². The molecule has 0 aliphatic heterocycles. The van der Waals surface area contributed by atoms with Crippen LogP contribution in [0.15, 0.2) is 12.1 Å². The van der Waals surface area contributed by atoms with Crippen LogP contribution in [0.3, 0.4) is 0 Å². The van der Waals surface area contributed by atoms with E-state index in [1.165, 1.54) is 6.07 Å². The van der Waals surface area contributed by atoms with E-state index < -0.39 is 5.82 Å². The van der Waals surface area contributed by atoms with Crippen molar-refractivity contribution in [3.05, 3.63) is 29.1 Å². The summed E-state index contributed by atoms with van der Waals surface area (Å²) < 4.78 is 12.8. The lowest BCUT2D eigenvalue weighted by atomic mass is 10.1. The summed E-state index contributed by atoms with van der Waals surface area (Å²) in [6.45, 7) is 1.51. The van der Waals surface area contributed by atoms with Crippen molar-refractivity contribution in [1.29, 1.82) is 0 Å². The van der Waals surface area contributed by atoms with Gasteiger partial charge in [-0.2, -0.15) is 0 Å². The molecule has 1 rings (SSSR count). The Morgan fingerprint density at radius 1 is 1.55 bits per heavy atom. The Labute approximate surface area is 64.5 Å². The van der Waals surface area contributed by atoms with E-state index in [1.807, 2.05) is 0 Å². The van der Waals surface area contributed by atoms with Gasteiger partial charge in [-0.3, -0.25) is 0 Å². The first-order valence-corrected chi connectivity index (χ1v) is 3.30. The lowest BCUT2D eigenvalue weighted by Gasteiger charge is -2.03. The number of benzene rings is 1. The van der Waals surface area contributed by atoms with Crippen molar-refractivity contribution in [1.82, 2.24) is 0 Å². The molecule has 0 bridgehead atoms. The molecule has 3 heteroatoms. The molecule has 0 saturated carbocycles. The second-order valence-electron chi connectivity index (χ2n) is 2.47. The van der Waals surface area contributed by atoms with E-state index in [0.29, 0.717) is 11.1 Å². The molecular formula is C8H10FNO. The molecule has 3 N–H and O–H groups in total. The fourth-order valence-electron chi connectivity index (χ4n) is 0.965. The van der Waals surface area contributed by atoms with Gasteiger partial charge < -0.3 is 10.8 Å². The van der Waals surface area contributed by atoms with Crippen LogP contribution in [-0.2, 0) is 6.61 Å². The lowest BCUT2D eigenvalue weighted by Crippen LogP contribution is -1.96. The maximum absolute atomic E-state index is 12.8. The van der Waals surface area contributed by atoms with Gasteiger partial charge in [-0.25, -0.2) is 4.39 Å². The van der Waals surface area contributed by atoms with Crippen LogP contribution in [-0.4, -0.2) is 5.11 Å². The number of anilines is 1. The first-order valence-electron chi connectivity index (χ1n) is 3.30. The smallest absolute Gasteiger partial charge is 0.148 e. The number of nitrogen functional groups attached to an aromatic ring is 1. The molecule has 1 aromatic rings. The third kappa shape index (κ3) is 1.49. The quantitative estimate of drug-likeness (QED) is 0.599. The third-order valence-corrected chi connectivity index (χ3v) is 1.53. The van der Waals surface area contributed by atoms with Crippen molar-refractivity contribution in [3.63, 3.8) is 0 Å². The fraction of sp³-hybridized carbons (Fsp3) is 0.250. The summed E-state index contributed by atoms with van der Waals surface area (Å²) >= 11 is 0. The Bertz CT molecular complexity index is 250. The van der Waals surface area contributed by atoms with Crippen LogP contribution in [0, 0.1) is 12.7 Å². The molecule has 11 heavy (non-hydrogen) atoms. The fourth-order valence-corrected chi connectivity index (χ4v) is 0.965. The van der Waals surface area contributed by atoms with E-state index >= 15 is 0 Å². The minimum atomic E-state index is -0.401. The van der Waals surface area contributed by atoms with Crippen LogP contribution in [0.25, 0.3) is 0 Å². The molecule has 0 aliphatic carbocycles. The molecule has 0 radical (unpaired) electrons. The SMILES string of the molecule is Cc1cc(CO)cc(N)c1F. The van der Waals surface area contributed by atoms with Crippen LogP contribution in [0.1, 0.15) is 11.1 Å². The van der Waals surface area contributed by atoms with Gasteiger partial charge in [0, 0.05) is 0 Å². The first kappa shape index (κ1) is 8.01. The Balaban J connectivity index is 3.21. The number of aliphatic hydroxyl groups excluding tert-OH is 1. The number of aliphatic hydroxyl groups is 1. The summed E-state index contributed by atoms with van der Waals surface area (Å²) in [7, 11) is 0. The van der Waals surface area contributed by atoms with E-state index in [1.54, 1.807) is 13.0 Å². The molecule has 0 atom stereocenters. The van der Waals surface area contributed by atoms with Gasteiger partial charge in [-0.1, -0.05) is 6.07 Å². The maximum atomic E-state index is 12.8. The third-order valence-electron chi connectivity index (χ3n) is 1.53. The molecule has 60 valence electrons. The molecule has 2 nitrogen and oxygen atoms in total. The highest BCUT2D eigenvalue weighted by Crippen LogP contribution is 2.16. The van der Waals surface area contributed by atoms with Crippen molar-refractivity contribution in [2.75, 3.05) is 5.73 Å². The standard InChI is InChI=1S/C8H10FNO/c1-5-2-6(4-11)3-7(10)8(5)9/h2-3,11H,4,10H2,1H3. The first-order chi connectivity index (χ1) is 5.15. The Kier molecular flexibility index (Phi) is 2.10. The molecule has 0 aromatic heterocycles.